The summed E-state index contributed by atoms with van der Waals surface area (Å²) in [5.74, 6) is 0.514. The van der Waals surface area contributed by atoms with E-state index < -0.39 is 0 Å². The van der Waals surface area contributed by atoms with Crippen LogP contribution in [-0.4, -0.2) is 17.7 Å². The number of thioether (sulfide) groups is 1. The molecule has 1 aromatic carbocycles. The zero-order valence-electron chi connectivity index (χ0n) is 10.6. The second-order valence-electron chi connectivity index (χ2n) is 4.19. The van der Waals surface area contributed by atoms with Crippen LogP contribution in [0.5, 0.6) is 0 Å². The number of nitrogens with two attached hydrogens (primary N) is 1. The smallest absolute Gasteiger partial charge is 0.230 e. The quantitative estimate of drug-likeness (QED) is 0.625. The van der Waals surface area contributed by atoms with Gasteiger partial charge >= 0.3 is 0 Å². The van der Waals surface area contributed by atoms with Gasteiger partial charge in [-0.25, -0.2) is 0 Å². The minimum absolute atomic E-state index is 0.0752. The average molecular weight is 252 g/mol. The molecule has 0 saturated heterocycles. The molecule has 17 heavy (non-hydrogen) atoms. The van der Waals surface area contributed by atoms with E-state index in [-0.39, 0.29) is 11.9 Å². The van der Waals surface area contributed by atoms with Gasteiger partial charge in [-0.1, -0.05) is 13.0 Å². The van der Waals surface area contributed by atoms with Crippen molar-refractivity contribution in [2.24, 2.45) is 0 Å². The van der Waals surface area contributed by atoms with E-state index in [1.54, 1.807) is 0 Å². The highest BCUT2D eigenvalue weighted by molar-refractivity contribution is 8.00. The fourth-order valence-electron chi connectivity index (χ4n) is 1.33. The van der Waals surface area contributed by atoms with Crippen LogP contribution in [0.2, 0.25) is 0 Å². The van der Waals surface area contributed by atoms with Crippen LogP contribution < -0.4 is 11.1 Å². The molecule has 0 aliphatic carbocycles. The summed E-state index contributed by atoms with van der Waals surface area (Å²) >= 11 is 1.53. The maximum Gasteiger partial charge on any atom is 0.230 e. The molecule has 0 spiro atoms. The Labute approximate surface area is 107 Å². The average Bonchev–Trinajstić information content (AvgIpc) is 2.30. The maximum atomic E-state index is 11.6. The molecule has 3 N–H and O–H groups in total. The molecule has 0 fully saturated rings. The number of carbonyl (C=O) groups is 1. The van der Waals surface area contributed by atoms with Gasteiger partial charge in [0.2, 0.25) is 5.91 Å². The molecule has 0 aliphatic rings. The highest BCUT2D eigenvalue weighted by Gasteiger charge is 2.07. The predicted octanol–water partition coefficient (Wildman–Crippen LogP) is 2.58. The number of rotatable bonds is 5. The van der Waals surface area contributed by atoms with E-state index in [1.807, 2.05) is 32.0 Å². The van der Waals surface area contributed by atoms with Crippen molar-refractivity contribution in [1.29, 1.82) is 0 Å². The van der Waals surface area contributed by atoms with Crippen LogP contribution in [0.15, 0.2) is 23.1 Å². The molecule has 1 unspecified atom stereocenters. The van der Waals surface area contributed by atoms with Crippen LogP contribution in [0.1, 0.15) is 25.8 Å². The summed E-state index contributed by atoms with van der Waals surface area (Å²) in [7, 11) is 0. The second-order valence-corrected chi connectivity index (χ2v) is 5.21. The number of nitrogens with one attached hydrogen (secondary N) is 1. The highest BCUT2D eigenvalue weighted by atomic mass is 32.2. The van der Waals surface area contributed by atoms with Crippen LogP contribution >= 0.6 is 11.8 Å². The van der Waals surface area contributed by atoms with E-state index in [1.165, 1.54) is 11.8 Å². The van der Waals surface area contributed by atoms with Gasteiger partial charge in [-0.2, -0.15) is 0 Å². The highest BCUT2D eigenvalue weighted by Crippen LogP contribution is 2.24. The van der Waals surface area contributed by atoms with Crippen molar-refractivity contribution in [1.82, 2.24) is 5.32 Å². The van der Waals surface area contributed by atoms with E-state index in [9.17, 15) is 4.79 Å². The van der Waals surface area contributed by atoms with Crippen molar-refractivity contribution in [2.45, 2.75) is 38.1 Å². The van der Waals surface area contributed by atoms with E-state index in [4.69, 9.17) is 5.73 Å². The molecular weight excluding hydrogens is 232 g/mol. The number of aryl methyl sites for hydroxylation is 1. The number of hydrogen-bond acceptors (Lipinski definition) is 3. The standard InChI is InChI=1S/C13H20N2OS/c1-4-10(3)15-13(16)8-17-12-7-11(14)6-5-9(12)2/h5-7,10H,4,8,14H2,1-3H3,(H,15,16). The molecule has 1 atom stereocenters. The summed E-state index contributed by atoms with van der Waals surface area (Å²) in [5, 5.41) is 2.94. The monoisotopic (exact) mass is 252 g/mol. The molecule has 0 aliphatic heterocycles. The van der Waals surface area contributed by atoms with Gasteiger partial charge < -0.3 is 11.1 Å². The first-order valence-corrected chi connectivity index (χ1v) is 6.79. The zero-order valence-corrected chi connectivity index (χ0v) is 11.4. The fraction of sp³-hybridized carbons (Fsp3) is 0.462. The molecule has 1 rings (SSSR count). The van der Waals surface area contributed by atoms with Gasteiger partial charge in [0.05, 0.1) is 5.75 Å². The van der Waals surface area contributed by atoms with E-state index in [2.05, 4.69) is 12.2 Å². The number of amides is 1. The first kappa shape index (κ1) is 13.9. The van der Waals surface area contributed by atoms with Crippen molar-refractivity contribution < 1.29 is 4.79 Å². The summed E-state index contributed by atoms with van der Waals surface area (Å²) < 4.78 is 0. The van der Waals surface area contributed by atoms with E-state index in [0.29, 0.717) is 5.75 Å². The van der Waals surface area contributed by atoms with E-state index in [0.717, 1.165) is 22.6 Å². The Bertz CT molecular complexity index is 393. The molecule has 0 bridgehead atoms. The lowest BCUT2D eigenvalue weighted by molar-refractivity contribution is -0.119. The second kappa shape index (κ2) is 6.55. The van der Waals surface area contributed by atoms with Gasteiger partial charge in [0, 0.05) is 16.6 Å². The van der Waals surface area contributed by atoms with Gasteiger partial charge in [0.15, 0.2) is 0 Å². The lowest BCUT2D eigenvalue weighted by Gasteiger charge is -2.11. The molecule has 0 aromatic heterocycles. The van der Waals surface area contributed by atoms with Crippen molar-refractivity contribution in [3.05, 3.63) is 23.8 Å². The normalized spacial score (nSPS) is 12.2. The summed E-state index contributed by atoms with van der Waals surface area (Å²) in [6.45, 7) is 6.09. The van der Waals surface area contributed by atoms with Gasteiger partial charge in [0.25, 0.3) is 0 Å². The Balaban J connectivity index is 2.50. The zero-order chi connectivity index (χ0) is 12.8. The lowest BCUT2D eigenvalue weighted by atomic mass is 10.2. The van der Waals surface area contributed by atoms with Crippen molar-refractivity contribution >= 4 is 23.4 Å². The molecular formula is C13H20N2OS. The molecule has 0 saturated carbocycles. The van der Waals surface area contributed by atoms with Gasteiger partial charge in [0.1, 0.15) is 0 Å². The topological polar surface area (TPSA) is 55.1 Å². The Morgan fingerprint density at radius 3 is 2.88 bits per heavy atom. The summed E-state index contributed by atoms with van der Waals surface area (Å²) in [4.78, 5) is 12.7. The Kier molecular flexibility index (Phi) is 5.35. The van der Waals surface area contributed by atoms with Gasteiger partial charge in [-0.05, 0) is 38.0 Å². The third kappa shape index (κ3) is 4.69. The van der Waals surface area contributed by atoms with Crippen LogP contribution in [-0.2, 0) is 4.79 Å². The SMILES string of the molecule is CCC(C)NC(=O)CSc1cc(N)ccc1C. The van der Waals surface area contributed by atoms with Crippen LogP contribution in [0.25, 0.3) is 0 Å². The van der Waals surface area contributed by atoms with Crippen LogP contribution in [0, 0.1) is 6.92 Å². The molecule has 3 nitrogen and oxygen atoms in total. The third-order valence-electron chi connectivity index (χ3n) is 2.59. The summed E-state index contributed by atoms with van der Waals surface area (Å²) in [6.07, 6.45) is 0.952. The van der Waals surface area contributed by atoms with Crippen molar-refractivity contribution in [2.75, 3.05) is 11.5 Å². The Morgan fingerprint density at radius 2 is 2.24 bits per heavy atom. The minimum atomic E-state index is 0.0752. The van der Waals surface area contributed by atoms with Gasteiger partial charge in [-0.15, -0.1) is 11.8 Å². The van der Waals surface area contributed by atoms with Gasteiger partial charge in [-0.3, -0.25) is 4.79 Å². The molecule has 0 heterocycles. The number of nitrogen functional groups attached to an aromatic ring is 1. The van der Waals surface area contributed by atoms with Crippen molar-refractivity contribution in [3.8, 4) is 0 Å². The van der Waals surface area contributed by atoms with E-state index >= 15 is 0 Å². The molecule has 94 valence electrons. The largest absolute Gasteiger partial charge is 0.399 e. The molecule has 1 amide bonds. The number of hydrogen-bond donors (Lipinski definition) is 2. The van der Waals surface area contributed by atoms with Crippen LogP contribution in [0.3, 0.4) is 0 Å². The minimum Gasteiger partial charge on any atom is -0.399 e. The third-order valence-corrected chi connectivity index (χ3v) is 3.75. The Morgan fingerprint density at radius 1 is 1.53 bits per heavy atom. The summed E-state index contributed by atoms with van der Waals surface area (Å²) in [5.41, 5.74) is 7.61. The Hall–Kier alpha value is -1.16. The molecule has 1 aromatic rings. The maximum absolute atomic E-state index is 11.6. The molecule has 0 radical (unpaired) electrons. The van der Waals surface area contributed by atoms with Crippen LogP contribution in [0.4, 0.5) is 5.69 Å². The summed E-state index contributed by atoms with van der Waals surface area (Å²) in [6, 6.07) is 6.00. The lowest BCUT2D eigenvalue weighted by Crippen LogP contribution is -2.33. The number of carbonyl (C=O) groups excluding carboxylic acids is 1. The van der Waals surface area contributed by atoms with Crippen molar-refractivity contribution in [3.63, 3.8) is 0 Å². The fourth-order valence-corrected chi connectivity index (χ4v) is 2.22. The first-order valence-electron chi connectivity index (χ1n) is 5.81. The molecule has 4 heteroatoms. The first-order chi connectivity index (χ1) is 8.02. The predicted molar refractivity (Wildman–Crippen MR) is 74.2 cm³/mol. The number of benzene rings is 1. The number of anilines is 1.